The summed E-state index contributed by atoms with van der Waals surface area (Å²) in [6.07, 6.45) is -0.755. The molecule has 0 spiro atoms. The van der Waals surface area contributed by atoms with Gasteiger partial charge in [0.05, 0.1) is 6.61 Å². The third-order valence-electron chi connectivity index (χ3n) is 2.50. The maximum Gasteiger partial charge on any atom is 0.161 e. The van der Waals surface area contributed by atoms with Crippen molar-refractivity contribution in [2.45, 2.75) is 25.7 Å². The second-order valence-corrected chi connectivity index (χ2v) is 3.34. The Morgan fingerprint density at radius 1 is 1.46 bits per heavy atom. The largest absolute Gasteiger partial charge is 0.508 e. The highest BCUT2D eigenvalue weighted by Gasteiger charge is 2.26. The van der Waals surface area contributed by atoms with Crippen molar-refractivity contribution in [3.63, 3.8) is 0 Å². The minimum atomic E-state index is -0.755. The van der Waals surface area contributed by atoms with Gasteiger partial charge in [-0.3, -0.25) is 0 Å². The molecule has 2 atom stereocenters. The molecule has 0 amide bonds. The Morgan fingerprint density at radius 3 is 3.00 bits per heavy atom. The molecule has 0 bridgehead atoms. The molecule has 1 aliphatic rings. The van der Waals surface area contributed by atoms with Crippen molar-refractivity contribution < 1.29 is 14.9 Å². The summed E-state index contributed by atoms with van der Waals surface area (Å²) in [5.41, 5.74) is 1.76. The molecule has 0 aliphatic carbocycles. The van der Waals surface area contributed by atoms with Crippen LogP contribution in [0.5, 0.6) is 5.75 Å². The van der Waals surface area contributed by atoms with E-state index in [0.717, 1.165) is 11.1 Å². The summed E-state index contributed by atoms with van der Waals surface area (Å²) in [6.45, 7) is 2.16. The lowest BCUT2D eigenvalue weighted by Gasteiger charge is -2.27. The van der Waals surface area contributed by atoms with Gasteiger partial charge in [-0.05, 0) is 11.6 Å². The first-order valence-corrected chi connectivity index (χ1v) is 4.30. The first kappa shape index (κ1) is 8.53. The summed E-state index contributed by atoms with van der Waals surface area (Å²) < 4.78 is 5.09. The number of aromatic hydroxyl groups is 1. The minimum Gasteiger partial charge on any atom is -0.508 e. The maximum atomic E-state index is 9.50. The number of ether oxygens (including phenoxy) is 1. The van der Waals surface area contributed by atoms with E-state index in [9.17, 15) is 10.2 Å². The van der Waals surface area contributed by atoms with Gasteiger partial charge < -0.3 is 14.9 Å². The molecule has 1 aromatic carbocycles. The van der Waals surface area contributed by atoms with Crippen molar-refractivity contribution in [2.24, 2.45) is 0 Å². The van der Waals surface area contributed by atoms with E-state index in [-0.39, 0.29) is 18.3 Å². The van der Waals surface area contributed by atoms with E-state index in [1.165, 1.54) is 0 Å². The Labute approximate surface area is 76.6 Å². The lowest BCUT2D eigenvalue weighted by Crippen LogP contribution is -2.25. The molecule has 3 nitrogen and oxygen atoms in total. The van der Waals surface area contributed by atoms with Crippen molar-refractivity contribution in [2.75, 3.05) is 0 Å². The molecule has 1 aliphatic heterocycles. The van der Waals surface area contributed by atoms with Crippen molar-refractivity contribution in [1.29, 1.82) is 0 Å². The van der Waals surface area contributed by atoms with Crippen molar-refractivity contribution in [3.8, 4) is 5.75 Å². The lowest BCUT2D eigenvalue weighted by molar-refractivity contribution is -0.130. The van der Waals surface area contributed by atoms with Crippen molar-refractivity contribution in [3.05, 3.63) is 29.3 Å². The Hall–Kier alpha value is -1.06. The number of rotatable bonds is 0. The Morgan fingerprint density at radius 2 is 2.23 bits per heavy atom. The molecule has 0 saturated carbocycles. The molecule has 70 valence electrons. The van der Waals surface area contributed by atoms with E-state index in [0.29, 0.717) is 0 Å². The van der Waals surface area contributed by atoms with Crippen LogP contribution in [0, 0.1) is 0 Å². The monoisotopic (exact) mass is 180 g/mol. The van der Waals surface area contributed by atoms with E-state index < -0.39 is 6.29 Å². The maximum absolute atomic E-state index is 9.50. The molecule has 2 N–H and O–H groups in total. The van der Waals surface area contributed by atoms with Gasteiger partial charge >= 0.3 is 0 Å². The predicted molar refractivity (Wildman–Crippen MR) is 47.3 cm³/mol. The zero-order chi connectivity index (χ0) is 9.42. The van der Waals surface area contributed by atoms with E-state index in [2.05, 4.69) is 0 Å². The fourth-order valence-electron chi connectivity index (χ4n) is 1.64. The topological polar surface area (TPSA) is 49.7 Å². The summed E-state index contributed by atoms with van der Waals surface area (Å²) in [5, 5.41) is 18.9. The molecule has 0 radical (unpaired) electrons. The van der Waals surface area contributed by atoms with Gasteiger partial charge in [0.1, 0.15) is 5.75 Å². The first-order valence-electron chi connectivity index (χ1n) is 4.30. The van der Waals surface area contributed by atoms with Gasteiger partial charge in [0.15, 0.2) is 6.29 Å². The zero-order valence-electron chi connectivity index (χ0n) is 7.40. The SMILES string of the molecule is CC1c2cccc(O)c2COC1O. The van der Waals surface area contributed by atoms with Crippen LogP contribution in [0.4, 0.5) is 0 Å². The Bertz CT molecular complexity index is 322. The molecular weight excluding hydrogens is 168 g/mol. The van der Waals surface area contributed by atoms with Crippen molar-refractivity contribution >= 4 is 0 Å². The van der Waals surface area contributed by atoms with E-state index in [1.807, 2.05) is 13.0 Å². The fraction of sp³-hybridized carbons (Fsp3) is 0.400. The average molecular weight is 180 g/mol. The second-order valence-electron chi connectivity index (χ2n) is 3.34. The highest BCUT2D eigenvalue weighted by atomic mass is 16.6. The highest BCUT2D eigenvalue weighted by Crippen LogP contribution is 2.34. The van der Waals surface area contributed by atoms with Gasteiger partial charge in [0.2, 0.25) is 0 Å². The second kappa shape index (κ2) is 3.01. The number of aliphatic hydroxyl groups excluding tert-OH is 1. The third-order valence-corrected chi connectivity index (χ3v) is 2.50. The van der Waals surface area contributed by atoms with Crippen LogP contribution in [-0.2, 0) is 11.3 Å². The molecular formula is C10H12O3. The Kier molecular flexibility index (Phi) is 1.98. The minimum absolute atomic E-state index is 0.0733. The predicted octanol–water partition coefficient (Wildman–Crippen LogP) is 1.34. The molecule has 2 rings (SSSR count). The standard InChI is InChI=1S/C10H12O3/c1-6-7-3-2-4-9(11)8(7)5-13-10(6)12/h2-4,6,10-12H,5H2,1H3. The van der Waals surface area contributed by atoms with Gasteiger partial charge in [-0.1, -0.05) is 19.1 Å². The van der Waals surface area contributed by atoms with Crippen LogP contribution in [0.1, 0.15) is 24.0 Å². The normalized spacial score (nSPS) is 26.9. The number of aliphatic hydroxyl groups is 1. The van der Waals surface area contributed by atoms with Crippen LogP contribution < -0.4 is 0 Å². The molecule has 1 aromatic rings. The number of benzene rings is 1. The third kappa shape index (κ3) is 1.30. The van der Waals surface area contributed by atoms with Crippen LogP contribution in [0.2, 0.25) is 0 Å². The summed E-state index contributed by atoms with van der Waals surface area (Å²) >= 11 is 0. The quantitative estimate of drug-likeness (QED) is 0.633. The van der Waals surface area contributed by atoms with E-state index in [1.54, 1.807) is 12.1 Å². The number of hydrogen-bond acceptors (Lipinski definition) is 3. The van der Waals surface area contributed by atoms with Gasteiger partial charge in [0.25, 0.3) is 0 Å². The number of phenolic OH excluding ortho intramolecular Hbond substituents is 1. The van der Waals surface area contributed by atoms with Crippen LogP contribution in [0.15, 0.2) is 18.2 Å². The molecule has 0 fully saturated rings. The smallest absolute Gasteiger partial charge is 0.161 e. The van der Waals surface area contributed by atoms with E-state index in [4.69, 9.17) is 4.74 Å². The molecule has 1 heterocycles. The molecule has 13 heavy (non-hydrogen) atoms. The van der Waals surface area contributed by atoms with Crippen molar-refractivity contribution in [1.82, 2.24) is 0 Å². The number of hydrogen-bond donors (Lipinski definition) is 2. The molecule has 2 unspecified atom stereocenters. The van der Waals surface area contributed by atoms with Gasteiger partial charge in [-0.15, -0.1) is 0 Å². The summed E-state index contributed by atoms with van der Waals surface area (Å²) in [6, 6.07) is 5.32. The molecule has 3 heteroatoms. The lowest BCUT2D eigenvalue weighted by atomic mass is 9.93. The number of phenols is 1. The van der Waals surface area contributed by atoms with Crippen LogP contribution >= 0.6 is 0 Å². The number of fused-ring (bicyclic) bond motifs is 1. The summed E-state index contributed by atoms with van der Waals surface area (Å²) in [4.78, 5) is 0. The van der Waals surface area contributed by atoms with Gasteiger partial charge in [0, 0.05) is 11.5 Å². The van der Waals surface area contributed by atoms with Gasteiger partial charge in [-0.2, -0.15) is 0 Å². The van der Waals surface area contributed by atoms with Crippen LogP contribution in [0.25, 0.3) is 0 Å². The summed E-state index contributed by atoms with van der Waals surface area (Å²) in [5.74, 6) is 0.173. The Balaban J connectivity index is 2.49. The van der Waals surface area contributed by atoms with Gasteiger partial charge in [-0.25, -0.2) is 0 Å². The van der Waals surface area contributed by atoms with Crippen LogP contribution in [-0.4, -0.2) is 16.5 Å². The molecule has 0 saturated heterocycles. The summed E-state index contributed by atoms with van der Waals surface area (Å²) in [7, 11) is 0. The molecule has 0 aromatic heterocycles. The zero-order valence-corrected chi connectivity index (χ0v) is 7.40. The highest BCUT2D eigenvalue weighted by molar-refractivity contribution is 5.41. The van der Waals surface area contributed by atoms with E-state index >= 15 is 0 Å². The average Bonchev–Trinajstić information content (AvgIpc) is 2.12. The first-order chi connectivity index (χ1) is 6.20. The van der Waals surface area contributed by atoms with Crippen LogP contribution in [0.3, 0.4) is 0 Å². The fourth-order valence-corrected chi connectivity index (χ4v) is 1.64.